The number of benzene rings is 1. The lowest BCUT2D eigenvalue weighted by atomic mass is 9.85. The number of alkyl halides is 1. The number of hydrogen-bond acceptors (Lipinski definition) is 2. The quantitative estimate of drug-likeness (QED) is 0.814. The van der Waals surface area contributed by atoms with Gasteiger partial charge in [-0.25, -0.2) is 0 Å². The maximum atomic E-state index is 12.0. The van der Waals surface area contributed by atoms with E-state index >= 15 is 0 Å². The van der Waals surface area contributed by atoms with Crippen molar-refractivity contribution in [2.24, 2.45) is 0 Å². The summed E-state index contributed by atoms with van der Waals surface area (Å²) < 4.78 is 0. The predicted molar refractivity (Wildman–Crippen MR) is 68.1 cm³/mol. The van der Waals surface area contributed by atoms with Crippen LogP contribution in [-0.2, 0) is 4.79 Å². The van der Waals surface area contributed by atoms with E-state index in [2.05, 4.69) is 5.32 Å². The number of fused-ring (bicyclic) bond motifs is 1. The number of hydrogen-bond donors (Lipinski definition) is 2. The van der Waals surface area contributed by atoms with Crippen molar-refractivity contribution in [3.63, 3.8) is 0 Å². The minimum absolute atomic E-state index is 0.307. The van der Waals surface area contributed by atoms with E-state index in [9.17, 15) is 9.90 Å². The first kappa shape index (κ1) is 12.4. The highest BCUT2D eigenvalue weighted by Gasteiger charge is 2.47. The third kappa shape index (κ3) is 2.05. The van der Waals surface area contributed by atoms with Crippen LogP contribution in [0.3, 0.4) is 0 Å². The zero-order valence-corrected chi connectivity index (χ0v) is 10.5. The second kappa shape index (κ2) is 4.67. The molecular weight excluding hydrogens is 238 g/mol. The number of anilines is 1. The summed E-state index contributed by atoms with van der Waals surface area (Å²) in [6.07, 6.45) is 1.29. The van der Waals surface area contributed by atoms with Gasteiger partial charge in [-0.15, -0.1) is 11.6 Å². The van der Waals surface area contributed by atoms with Gasteiger partial charge in [0.25, 0.3) is 0 Å². The van der Waals surface area contributed by atoms with Crippen molar-refractivity contribution in [3.05, 3.63) is 29.8 Å². The fraction of sp³-hybridized carbons (Fsp3) is 0.462. The van der Waals surface area contributed by atoms with Gasteiger partial charge < -0.3 is 10.4 Å². The summed E-state index contributed by atoms with van der Waals surface area (Å²) in [5.41, 5.74) is 1.34. The van der Waals surface area contributed by atoms with Crippen molar-refractivity contribution >= 4 is 23.2 Å². The molecule has 17 heavy (non-hydrogen) atoms. The number of carbonyl (C=O) groups excluding carboxylic acids is 1. The van der Waals surface area contributed by atoms with Gasteiger partial charge in [-0.3, -0.25) is 4.79 Å². The molecule has 1 heterocycles. The largest absolute Gasteiger partial charge is 0.386 e. The van der Waals surface area contributed by atoms with E-state index < -0.39 is 11.0 Å². The highest BCUT2D eigenvalue weighted by atomic mass is 35.5. The molecule has 1 aliphatic heterocycles. The molecule has 0 saturated heterocycles. The Morgan fingerprint density at radius 2 is 2.18 bits per heavy atom. The molecule has 1 aromatic carbocycles. The van der Waals surface area contributed by atoms with Gasteiger partial charge in [-0.05, 0) is 12.5 Å². The molecular formula is C13H16ClNO2. The fourth-order valence-electron chi connectivity index (χ4n) is 2.13. The lowest BCUT2D eigenvalue weighted by molar-refractivity contribution is -0.122. The maximum absolute atomic E-state index is 12.0. The molecule has 92 valence electrons. The molecule has 0 radical (unpaired) electrons. The number of unbranched alkanes of at least 4 members (excludes halogenated alkanes) is 1. The number of aliphatic hydroxyl groups is 1. The van der Waals surface area contributed by atoms with E-state index in [0.717, 1.165) is 12.8 Å². The Morgan fingerprint density at radius 1 is 1.47 bits per heavy atom. The molecule has 0 aromatic heterocycles. The van der Waals surface area contributed by atoms with Crippen LogP contribution >= 0.6 is 11.6 Å². The van der Waals surface area contributed by atoms with Crippen LogP contribution in [0.2, 0.25) is 0 Å². The maximum Gasteiger partial charge on any atom is 0.248 e. The second-order valence-electron chi connectivity index (χ2n) is 4.41. The topological polar surface area (TPSA) is 49.3 Å². The summed E-state index contributed by atoms with van der Waals surface area (Å²) in [6.45, 7) is 2.03. The Bertz CT molecular complexity index is 435. The number of halogens is 1. The smallest absolute Gasteiger partial charge is 0.248 e. The van der Waals surface area contributed by atoms with Gasteiger partial charge in [-0.2, -0.15) is 0 Å². The van der Waals surface area contributed by atoms with Crippen LogP contribution in [0, 0.1) is 0 Å². The van der Waals surface area contributed by atoms with E-state index in [4.69, 9.17) is 11.6 Å². The molecule has 0 bridgehead atoms. The summed E-state index contributed by atoms with van der Waals surface area (Å²) in [5, 5.41) is 13.0. The predicted octanol–water partition coefficient (Wildman–Crippen LogP) is 2.84. The van der Waals surface area contributed by atoms with Gasteiger partial charge in [0.05, 0.1) is 0 Å². The molecule has 2 atom stereocenters. The van der Waals surface area contributed by atoms with Gasteiger partial charge in [0, 0.05) is 11.3 Å². The van der Waals surface area contributed by atoms with E-state index in [1.54, 1.807) is 12.1 Å². The Labute approximate surface area is 106 Å². The van der Waals surface area contributed by atoms with E-state index in [1.807, 2.05) is 19.1 Å². The summed E-state index contributed by atoms with van der Waals surface area (Å²) in [5.74, 6) is -0.307. The van der Waals surface area contributed by atoms with Gasteiger partial charge >= 0.3 is 0 Å². The molecule has 0 spiro atoms. The number of para-hydroxylation sites is 1. The van der Waals surface area contributed by atoms with Gasteiger partial charge in [0.15, 0.2) is 4.87 Å². The summed E-state index contributed by atoms with van der Waals surface area (Å²) >= 11 is 6.32. The van der Waals surface area contributed by atoms with Crippen LogP contribution in [0.15, 0.2) is 24.3 Å². The van der Waals surface area contributed by atoms with E-state index in [0.29, 0.717) is 17.7 Å². The molecule has 3 nitrogen and oxygen atoms in total. The molecule has 1 amide bonds. The van der Waals surface area contributed by atoms with Gasteiger partial charge in [-0.1, -0.05) is 38.0 Å². The lowest BCUT2D eigenvalue weighted by Gasteiger charge is -2.36. The van der Waals surface area contributed by atoms with Crippen molar-refractivity contribution in [3.8, 4) is 0 Å². The normalized spacial score (nSPS) is 27.5. The Kier molecular flexibility index (Phi) is 3.40. The number of nitrogens with one attached hydrogen (secondary N) is 1. The van der Waals surface area contributed by atoms with E-state index in [1.165, 1.54) is 0 Å². The van der Waals surface area contributed by atoms with Crippen LogP contribution in [0.1, 0.15) is 37.9 Å². The Hall–Kier alpha value is -1.06. The second-order valence-corrected chi connectivity index (χ2v) is 5.08. The first-order chi connectivity index (χ1) is 8.09. The zero-order valence-electron chi connectivity index (χ0n) is 9.74. The van der Waals surface area contributed by atoms with E-state index in [-0.39, 0.29) is 5.91 Å². The molecule has 1 aliphatic rings. The van der Waals surface area contributed by atoms with Crippen LogP contribution < -0.4 is 5.32 Å². The molecule has 1 aromatic rings. The third-order valence-corrected chi connectivity index (χ3v) is 3.78. The van der Waals surface area contributed by atoms with Crippen molar-refractivity contribution in [1.82, 2.24) is 0 Å². The molecule has 0 aliphatic carbocycles. The first-order valence-electron chi connectivity index (χ1n) is 5.87. The van der Waals surface area contributed by atoms with Crippen molar-refractivity contribution in [2.45, 2.75) is 37.2 Å². The van der Waals surface area contributed by atoms with Crippen LogP contribution in [-0.4, -0.2) is 15.9 Å². The van der Waals surface area contributed by atoms with Crippen molar-refractivity contribution < 1.29 is 9.90 Å². The average molecular weight is 254 g/mol. The summed E-state index contributed by atoms with van der Waals surface area (Å²) in [4.78, 5) is 10.8. The van der Waals surface area contributed by atoms with Crippen molar-refractivity contribution in [2.75, 3.05) is 5.32 Å². The molecule has 2 rings (SSSR count). The summed E-state index contributed by atoms with van der Waals surface area (Å²) in [6, 6.07) is 7.21. The number of carbonyl (C=O) groups is 1. The van der Waals surface area contributed by atoms with Crippen LogP contribution in [0.5, 0.6) is 0 Å². The molecule has 0 fully saturated rings. The highest BCUT2D eigenvalue weighted by Crippen LogP contribution is 2.43. The monoisotopic (exact) mass is 253 g/mol. The fourth-order valence-corrected chi connectivity index (χ4v) is 2.43. The molecule has 2 N–H and O–H groups in total. The van der Waals surface area contributed by atoms with Crippen LogP contribution in [0.4, 0.5) is 5.69 Å². The molecule has 0 saturated carbocycles. The van der Waals surface area contributed by atoms with Crippen LogP contribution in [0.25, 0.3) is 0 Å². The number of amides is 1. The Balaban J connectivity index is 2.35. The van der Waals surface area contributed by atoms with Gasteiger partial charge in [0.2, 0.25) is 5.91 Å². The molecule has 0 unspecified atom stereocenters. The minimum Gasteiger partial charge on any atom is -0.386 e. The summed E-state index contributed by atoms with van der Waals surface area (Å²) in [7, 11) is 0. The molecule has 4 heteroatoms. The number of rotatable bonds is 3. The average Bonchev–Trinajstić information content (AvgIpc) is 2.34. The SMILES string of the molecule is CCCC[C@]1(Cl)C(=O)Nc2ccccc2[C@H]1O. The third-order valence-electron chi connectivity index (χ3n) is 3.21. The first-order valence-corrected chi connectivity index (χ1v) is 6.24. The highest BCUT2D eigenvalue weighted by molar-refractivity contribution is 6.37. The lowest BCUT2D eigenvalue weighted by Crippen LogP contribution is -2.46. The minimum atomic E-state index is -1.23. The van der Waals surface area contributed by atoms with Gasteiger partial charge in [0.1, 0.15) is 6.10 Å². The zero-order chi connectivity index (χ0) is 12.5. The number of aliphatic hydroxyl groups excluding tert-OH is 1. The Morgan fingerprint density at radius 3 is 2.88 bits per heavy atom. The standard InChI is InChI=1S/C13H16ClNO2/c1-2-3-8-13(14)11(16)9-6-4-5-7-10(9)15-12(13)17/h4-7,11,16H,2-3,8H2,1H3,(H,15,17)/t11-,13-/m1/s1. The van der Waals surface area contributed by atoms with Crippen molar-refractivity contribution in [1.29, 1.82) is 0 Å².